The number of ketones is 1. The number of furan rings is 1. The van der Waals surface area contributed by atoms with Gasteiger partial charge in [0.25, 0.3) is 0 Å². The number of esters is 2. The Morgan fingerprint density at radius 1 is 0.930 bits per heavy atom. The van der Waals surface area contributed by atoms with E-state index in [9.17, 15) is 15.3 Å². The van der Waals surface area contributed by atoms with E-state index in [2.05, 4.69) is 91.5 Å². The first-order valence-corrected chi connectivity index (χ1v) is 34.4. The van der Waals surface area contributed by atoms with Crippen LogP contribution in [0.4, 0.5) is 0 Å². The van der Waals surface area contributed by atoms with Gasteiger partial charge in [-0.3, -0.25) is 14.9 Å². The molecule has 1 aromatic heterocycles. The standard InChI is InChI=1S/C73H90N2O11/c1-40(43-13-7-8-14-43)27-49-32-50-31-48-16-10-23-68(48)35-47-34-66(2)70(53-22-26-82-57(53)33-52(56(77)37-76)45-19-20-51-46(30-45)21-25-75-39-74-36-55(51)75)24-9-15-44-18-17-42(28-41-11-5-4-6-12-41)29-54(44)71(73(66)63(84-73)65(81)85-70)59(47)69-38-83-64(80)61(68)72(50,69)86-67(49,3)60(69)58(78)62(71)79/h4-6,11-12,21-22,25-26,32,40,42-49,51-52,54-56,59-63,74,76-77,79H,7-8,10,13-14,16-20,23-24,27-31,33-39H2,1-3H3. The number of cyclic esters (lactones) is 1. The molecule has 2 aromatic rings. The van der Waals surface area contributed by atoms with Gasteiger partial charge in [0, 0.05) is 47.2 Å². The lowest BCUT2D eigenvalue weighted by Gasteiger charge is -2.74. The number of hydrogen-bond acceptors (Lipinski definition) is 13. The maximum Gasteiger partial charge on any atom is 0.339 e. The number of carbonyl (C=O) groups excluding carboxylic acids is 3. The molecule has 0 radical (unpaired) electrons. The predicted molar refractivity (Wildman–Crippen MR) is 315 cm³/mol. The summed E-state index contributed by atoms with van der Waals surface area (Å²) >= 11 is 0. The van der Waals surface area contributed by atoms with E-state index in [4.69, 9.17) is 23.4 Å². The van der Waals surface area contributed by atoms with Crippen LogP contribution < -0.4 is 5.32 Å². The number of epoxide rings is 1. The highest BCUT2D eigenvalue weighted by Crippen LogP contribution is 2.91. The van der Waals surface area contributed by atoms with Gasteiger partial charge in [-0.1, -0.05) is 100 Å². The van der Waals surface area contributed by atoms with Crippen molar-refractivity contribution in [2.24, 2.45) is 110 Å². The Labute approximate surface area is 506 Å². The highest BCUT2D eigenvalue weighted by Gasteiger charge is 3.00. The number of fused-ring (bicyclic) bond motifs is 6. The second kappa shape index (κ2) is 18.5. The SMILES string of the molecule is CC(CC1C=C2CC3CCCC34CC3CC5(C)C6(c7ccoc7CC(C(O)CO)C7CCC8C(C=CN9CNCC89)C7)CC#CC7CCC(Cc8ccccc8)CC7C7(C(O)C(=O)C8C1(C)OC21C4C(=O)OCC81C37)C51OC1C(=O)O6)C1CCCC1. The molecule has 13 fully saturated rings. The minimum atomic E-state index is -1.57. The second-order valence-corrected chi connectivity index (χ2v) is 32.2. The molecule has 5 saturated heterocycles. The van der Waals surface area contributed by atoms with Crippen LogP contribution in [0, 0.1) is 122 Å². The van der Waals surface area contributed by atoms with Crippen LogP contribution in [0.25, 0.3) is 0 Å². The lowest BCUT2D eigenvalue weighted by Crippen LogP contribution is -2.83. The third kappa shape index (κ3) is 6.40. The Morgan fingerprint density at radius 3 is 2.62 bits per heavy atom. The highest BCUT2D eigenvalue weighted by atomic mass is 16.7. The van der Waals surface area contributed by atoms with Crippen LogP contribution in [-0.2, 0) is 51.8 Å². The molecule has 8 saturated carbocycles. The van der Waals surface area contributed by atoms with Gasteiger partial charge in [0.1, 0.15) is 29.7 Å². The first-order valence-electron chi connectivity index (χ1n) is 34.4. The fraction of sp³-hybridized carbons (Fsp3) is 0.740. The molecule has 1 aromatic carbocycles. The van der Waals surface area contributed by atoms with Crippen LogP contribution in [0.2, 0.25) is 0 Å². The summed E-state index contributed by atoms with van der Waals surface area (Å²) in [5, 5.41) is 41.6. The molecular weight excluding hydrogens is 1080 g/mol. The van der Waals surface area contributed by atoms with Gasteiger partial charge >= 0.3 is 11.9 Å². The molecule has 8 heterocycles. The van der Waals surface area contributed by atoms with Crippen molar-refractivity contribution in [3.63, 3.8) is 0 Å². The van der Waals surface area contributed by atoms with Gasteiger partial charge in [-0.15, -0.1) is 0 Å². The van der Waals surface area contributed by atoms with Crippen LogP contribution in [0.5, 0.6) is 0 Å². The number of Topliss-reactive ketones (excluding diaryl/α,β-unsaturated/α-hetero) is 1. The zero-order valence-corrected chi connectivity index (χ0v) is 50.8. The Bertz CT molecular complexity index is 3310. The van der Waals surface area contributed by atoms with E-state index in [-0.39, 0.29) is 66.2 Å². The van der Waals surface area contributed by atoms with E-state index in [1.54, 1.807) is 6.26 Å². The van der Waals surface area contributed by atoms with Crippen LogP contribution in [0.15, 0.2) is 71.0 Å². The molecule has 13 heteroatoms. The summed E-state index contributed by atoms with van der Waals surface area (Å²) in [4.78, 5) is 51.8. The van der Waals surface area contributed by atoms with E-state index in [1.165, 1.54) is 36.8 Å². The lowest BCUT2D eigenvalue weighted by atomic mass is 9.28. The number of rotatable bonds is 11. The molecule has 0 amide bonds. The first kappa shape index (κ1) is 54.6. The number of aliphatic hydroxyl groups is 3. The fourth-order valence-electron chi connectivity index (χ4n) is 26.8. The number of allylic oxidation sites excluding steroid dienone is 1. The summed E-state index contributed by atoms with van der Waals surface area (Å²) < 4.78 is 37.3. The molecule has 9 aliphatic carbocycles. The molecule has 13 nitrogen and oxygen atoms in total. The number of nitrogens with one attached hydrogen (secondary N) is 1. The van der Waals surface area contributed by atoms with Gasteiger partial charge in [-0.25, -0.2) is 4.79 Å². The van der Waals surface area contributed by atoms with E-state index >= 15 is 14.4 Å². The Kier molecular flexibility index (Phi) is 11.7. The van der Waals surface area contributed by atoms with Crippen LogP contribution in [-0.4, -0.2) is 106 Å². The van der Waals surface area contributed by atoms with Crippen LogP contribution in [0.1, 0.15) is 153 Å². The van der Waals surface area contributed by atoms with Crippen molar-refractivity contribution >= 4 is 17.7 Å². The topological polar surface area (TPSA) is 181 Å². The highest BCUT2D eigenvalue weighted by molar-refractivity contribution is 5.94. The minimum absolute atomic E-state index is 0.0192. The summed E-state index contributed by atoms with van der Waals surface area (Å²) in [7, 11) is 0. The van der Waals surface area contributed by atoms with Crippen LogP contribution in [0.3, 0.4) is 0 Å². The number of aliphatic hydroxyl groups excluding tert-OH is 3. The van der Waals surface area contributed by atoms with Crippen LogP contribution >= 0.6 is 0 Å². The average molecular weight is 1170 g/mol. The maximum absolute atomic E-state index is 17.5. The molecule has 9 bridgehead atoms. The summed E-state index contributed by atoms with van der Waals surface area (Å²) in [6.45, 7) is 8.36. The van der Waals surface area contributed by atoms with Crippen molar-refractivity contribution in [3.05, 3.63) is 83.5 Å². The van der Waals surface area contributed by atoms with Gasteiger partial charge in [0.15, 0.2) is 17.5 Å². The van der Waals surface area contributed by atoms with E-state index < -0.39 is 98.6 Å². The molecular formula is C73H90N2O11. The molecule has 458 valence electrons. The number of hydrogen-bond donors (Lipinski definition) is 4. The van der Waals surface area contributed by atoms with Crippen molar-refractivity contribution in [1.82, 2.24) is 10.2 Å². The van der Waals surface area contributed by atoms with Crippen molar-refractivity contribution in [2.75, 3.05) is 26.4 Å². The molecule has 5 spiro atoms. The van der Waals surface area contributed by atoms with Crippen molar-refractivity contribution in [2.45, 2.75) is 196 Å². The number of ether oxygens (including phenoxy) is 4. The van der Waals surface area contributed by atoms with E-state index in [0.717, 1.165) is 83.8 Å². The fourth-order valence-corrected chi connectivity index (χ4v) is 26.8. The normalized spacial score (nSPS) is 51.0. The average Bonchev–Trinajstić information content (AvgIpc) is 1.36. The zero-order chi connectivity index (χ0) is 58.3. The Hall–Kier alpha value is -4.29. The van der Waals surface area contributed by atoms with Crippen molar-refractivity contribution in [3.8, 4) is 11.8 Å². The van der Waals surface area contributed by atoms with E-state index in [0.29, 0.717) is 66.7 Å². The summed E-state index contributed by atoms with van der Waals surface area (Å²) in [5.74, 6) is 6.56. The predicted octanol–water partition coefficient (Wildman–Crippen LogP) is 9.40. The number of carbonyl (C=O) groups is 3. The zero-order valence-electron chi connectivity index (χ0n) is 50.8. The molecule has 16 aliphatic rings. The smallest absolute Gasteiger partial charge is 0.339 e. The Balaban J connectivity index is 0.847. The molecule has 26 unspecified atom stereocenters. The molecule has 7 aliphatic heterocycles. The Morgan fingerprint density at radius 2 is 1.78 bits per heavy atom. The minimum Gasteiger partial charge on any atom is -0.469 e. The maximum atomic E-state index is 17.5. The van der Waals surface area contributed by atoms with Crippen molar-refractivity contribution in [1.29, 1.82) is 0 Å². The molecule has 18 rings (SSSR count). The van der Waals surface area contributed by atoms with Gasteiger partial charge < -0.3 is 43.6 Å². The van der Waals surface area contributed by atoms with Gasteiger partial charge in [-0.05, 0) is 184 Å². The summed E-state index contributed by atoms with van der Waals surface area (Å²) in [6.07, 6.45) is 22.4. The summed E-state index contributed by atoms with van der Waals surface area (Å²) in [5.41, 5.74) is -6.10. The third-order valence-corrected chi connectivity index (χ3v) is 29.6. The molecule has 4 N–H and O–H groups in total. The number of nitrogens with zero attached hydrogens (tertiary/aromatic N) is 1. The van der Waals surface area contributed by atoms with Gasteiger partial charge in [0.05, 0.1) is 54.9 Å². The molecule has 86 heavy (non-hydrogen) atoms. The largest absolute Gasteiger partial charge is 0.469 e. The monoisotopic (exact) mass is 1170 g/mol. The number of benzene rings is 1. The second-order valence-electron chi connectivity index (χ2n) is 32.2. The van der Waals surface area contributed by atoms with E-state index in [1.807, 2.05) is 6.07 Å². The summed E-state index contributed by atoms with van der Waals surface area (Å²) in [6, 6.07) is 13.2. The third-order valence-electron chi connectivity index (χ3n) is 29.6. The lowest BCUT2D eigenvalue weighted by molar-refractivity contribution is -0.315. The first-order chi connectivity index (χ1) is 41.6. The van der Waals surface area contributed by atoms with Gasteiger partial charge in [0.2, 0.25) is 0 Å². The quantitative estimate of drug-likeness (QED) is 0.0724. The molecule has 26 atom stereocenters. The van der Waals surface area contributed by atoms with Crippen molar-refractivity contribution < 1.29 is 53.1 Å². The van der Waals surface area contributed by atoms with Gasteiger partial charge in [-0.2, -0.15) is 0 Å².